The lowest BCUT2D eigenvalue weighted by atomic mass is 9.91. The Hall–Kier alpha value is -1.13. The first-order valence-electron chi connectivity index (χ1n) is 7.86. The maximum Gasteiger partial charge on any atom is 0.165 e. The molecule has 1 saturated carbocycles. The molecule has 0 saturated heterocycles. The van der Waals surface area contributed by atoms with Crippen molar-refractivity contribution < 1.29 is 14.2 Å². The first-order valence-corrected chi connectivity index (χ1v) is 7.86. The van der Waals surface area contributed by atoms with Crippen LogP contribution in [-0.4, -0.2) is 29.9 Å². The lowest BCUT2D eigenvalue weighted by Gasteiger charge is -2.32. The van der Waals surface area contributed by atoms with Gasteiger partial charge in [0, 0.05) is 11.6 Å². The van der Waals surface area contributed by atoms with Crippen LogP contribution in [0.1, 0.15) is 44.6 Å². The van der Waals surface area contributed by atoms with Gasteiger partial charge in [0.1, 0.15) is 0 Å². The highest BCUT2D eigenvalue weighted by molar-refractivity contribution is 5.29. The summed E-state index contributed by atoms with van der Waals surface area (Å²) in [6.07, 6.45) is 4.92. The lowest BCUT2D eigenvalue weighted by molar-refractivity contribution is 0.135. The number of ether oxygens (including phenoxy) is 1. The Kier molecular flexibility index (Phi) is 5.59. The summed E-state index contributed by atoms with van der Waals surface area (Å²) in [6.45, 7) is 4.61. The number of hydrogen-bond acceptors (Lipinski definition) is 3. The van der Waals surface area contributed by atoms with Gasteiger partial charge in [-0.2, -0.15) is 0 Å². The van der Waals surface area contributed by atoms with Gasteiger partial charge in [0.2, 0.25) is 0 Å². The van der Waals surface area contributed by atoms with Crippen LogP contribution in [0.2, 0.25) is 0 Å². The summed E-state index contributed by atoms with van der Waals surface area (Å²) in [5.74, 6) is -0.00290. The molecule has 3 nitrogen and oxygen atoms in total. The van der Waals surface area contributed by atoms with Gasteiger partial charge < -0.3 is 15.2 Å². The van der Waals surface area contributed by atoms with Gasteiger partial charge in [-0.05, 0) is 56.7 Å². The number of aliphatic hydroxyl groups is 1. The van der Waals surface area contributed by atoms with Gasteiger partial charge in [-0.1, -0.05) is 13.0 Å². The average molecular weight is 295 g/mol. The van der Waals surface area contributed by atoms with Crippen molar-refractivity contribution in [1.29, 1.82) is 0 Å². The van der Waals surface area contributed by atoms with Crippen molar-refractivity contribution in [2.75, 3.05) is 13.2 Å². The zero-order valence-electron chi connectivity index (χ0n) is 13.0. The van der Waals surface area contributed by atoms with Gasteiger partial charge in [0.25, 0.3) is 0 Å². The molecule has 2 rings (SSSR count). The van der Waals surface area contributed by atoms with Gasteiger partial charge in [-0.25, -0.2) is 4.39 Å². The molecule has 0 bridgehead atoms. The summed E-state index contributed by atoms with van der Waals surface area (Å²) < 4.78 is 19.1. The fourth-order valence-electron chi connectivity index (χ4n) is 2.56. The molecule has 0 aromatic heterocycles. The van der Waals surface area contributed by atoms with Crippen LogP contribution >= 0.6 is 0 Å². The van der Waals surface area contributed by atoms with Crippen molar-refractivity contribution in [1.82, 2.24) is 5.32 Å². The number of aliphatic hydroxyl groups excluding tert-OH is 1. The molecule has 1 fully saturated rings. The van der Waals surface area contributed by atoms with Crippen molar-refractivity contribution in [3.8, 4) is 5.75 Å². The Morgan fingerprint density at radius 3 is 2.81 bits per heavy atom. The Morgan fingerprint density at radius 1 is 1.43 bits per heavy atom. The van der Waals surface area contributed by atoms with Gasteiger partial charge in [0.05, 0.1) is 13.2 Å². The van der Waals surface area contributed by atoms with E-state index < -0.39 is 0 Å². The molecule has 0 spiro atoms. The second kappa shape index (κ2) is 7.23. The molecule has 21 heavy (non-hydrogen) atoms. The van der Waals surface area contributed by atoms with Gasteiger partial charge in [-0.15, -0.1) is 0 Å². The highest BCUT2D eigenvalue weighted by Gasteiger charge is 2.33. The molecule has 118 valence electrons. The molecule has 1 aromatic rings. The van der Waals surface area contributed by atoms with E-state index in [0.29, 0.717) is 18.4 Å². The number of halogens is 1. The van der Waals surface area contributed by atoms with E-state index in [4.69, 9.17) is 4.74 Å². The summed E-state index contributed by atoms with van der Waals surface area (Å²) >= 11 is 0. The Balaban J connectivity index is 1.80. The quantitative estimate of drug-likeness (QED) is 0.688. The first kappa shape index (κ1) is 16.2. The van der Waals surface area contributed by atoms with Crippen molar-refractivity contribution >= 4 is 0 Å². The van der Waals surface area contributed by atoms with E-state index in [1.54, 1.807) is 12.1 Å². The van der Waals surface area contributed by atoms with Crippen molar-refractivity contribution in [3.05, 3.63) is 29.6 Å². The first-order chi connectivity index (χ1) is 10.1. The van der Waals surface area contributed by atoms with Crippen LogP contribution in [-0.2, 0) is 0 Å². The minimum atomic E-state index is -0.319. The van der Waals surface area contributed by atoms with Gasteiger partial charge in [-0.3, -0.25) is 0 Å². The molecule has 0 amide bonds. The highest BCUT2D eigenvalue weighted by Crippen LogP contribution is 2.27. The van der Waals surface area contributed by atoms with Crippen molar-refractivity contribution in [3.63, 3.8) is 0 Å². The molecule has 1 aromatic carbocycles. The van der Waals surface area contributed by atoms with E-state index in [1.807, 2.05) is 6.92 Å². The predicted molar refractivity (Wildman–Crippen MR) is 82.1 cm³/mol. The second-order valence-corrected chi connectivity index (χ2v) is 6.10. The predicted octanol–water partition coefficient (Wildman–Crippen LogP) is 3.19. The van der Waals surface area contributed by atoms with Gasteiger partial charge in [0.15, 0.2) is 11.6 Å². The van der Waals surface area contributed by atoms with E-state index in [0.717, 1.165) is 24.8 Å². The fourth-order valence-corrected chi connectivity index (χ4v) is 2.56. The van der Waals surface area contributed by atoms with Crippen LogP contribution in [0.15, 0.2) is 18.2 Å². The molecule has 1 unspecified atom stereocenters. The topological polar surface area (TPSA) is 41.5 Å². The molecule has 2 N–H and O–H groups in total. The van der Waals surface area contributed by atoms with Crippen LogP contribution in [0.25, 0.3) is 0 Å². The van der Waals surface area contributed by atoms with E-state index in [9.17, 15) is 9.50 Å². The van der Waals surface area contributed by atoms with Crippen LogP contribution in [0, 0.1) is 12.7 Å². The molecular formula is C17H26FNO2. The summed E-state index contributed by atoms with van der Waals surface area (Å²) in [5.41, 5.74) is 0.774. The maximum atomic E-state index is 13.6. The molecule has 0 radical (unpaired) electrons. The molecule has 4 heteroatoms. The Morgan fingerprint density at radius 2 is 2.19 bits per heavy atom. The standard InChI is InChI=1S/C17H26FNO2/c1-3-17(12-20,19-14-6-7-14)9-4-10-21-16-11-13(2)5-8-15(16)18/h5,8,11,14,19-20H,3-4,6-7,9-10,12H2,1-2H3. The summed E-state index contributed by atoms with van der Waals surface area (Å²) in [4.78, 5) is 0. The summed E-state index contributed by atoms with van der Waals surface area (Å²) in [7, 11) is 0. The van der Waals surface area contributed by atoms with Crippen molar-refractivity contribution in [2.45, 2.75) is 57.5 Å². The number of nitrogens with one attached hydrogen (secondary N) is 1. The molecule has 0 aliphatic heterocycles. The van der Waals surface area contributed by atoms with E-state index in [1.165, 1.54) is 18.9 Å². The van der Waals surface area contributed by atoms with Crippen molar-refractivity contribution in [2.24, 2.45) is 0 Å². The highest BCUT2D eigenvalue weighted by atomic mass is 19.1. The fraction of sp³-hybridized carbons (Fsp3) is 0.647. The smallest absolute Gasteiger partial charge is 0.165 e. The minimum absolute atomic E-state index is 0.138. The Labute approximate surface area is 126 Å². The number of rotatable bonds is 9. The minimum Gasteiger partial charge on any atom is -0.491 e. The second-order valence-electron chi connectivity index (χ2n) is 6.10. The van der Waals surface area contributed by atoms with E-state index in [2.05, 4.69) is 12.2 Å². The van der Waals surface area contributed by atoms with Crippen LogP contribution in [0.5, 0.6) is 5.75 Å². The van der Waals surface area contributed by atoms with E-state index >= 15 is 0 Å². The third-order valence-electron chi connectivity index (χ3n) is 4.21. The summed E-state index contributed by atoms with van der Waals surface area (Å²) in [6, 6.07) is 5.45. The Bertz CT molecular complexity index is 456. The monoisotopic (exact) mass is 295 g/mol. The number of benzene rings is 1. The third kappa shape index (κ3) is 4.68. The molecule has 1 aliphatic rings. The normalized spacial score (nSPS) is 17.5. The SMILES string of the molecule is CCC(CO)(CCCOc1cc(C)ccc1F)NC1CC1. The number of aryl methyl sites for hydroxylation is 1. The zero-order chi connectivity index (χ0) is 15.3. The van der Waals surface area contributed by atoms with Gasteiger partial charge >= 0.3 is 0 Å². The van der Waals surface area contributed by atoms with Crippen LogP contribution in [0.3, 0.4) is 0 Å². The molecule has 1 atom stereocenters. The molecule has 1 aliphatic carbocycles. The molecule has 0 heterocycles. The molecular weight excluding hydrogens is 269 g/mol. The van der Waals surface area contributed by atoms with E-state index in [-0.39, 0.29) is 18.0 Å². The maximum absolute atomic E-state index is 13.6. The number of hydrogen-bond donors (Lipinski definition) is 2. The lowest BCUT2D eigenvalue weighted by Crippen LogP contribution is -2.49. The average Bonchev–Trinajstić information content (AvgIpc) is 3.29. The van der Waals surface area contributed by atoms with Crippen LogP contribution < -0.4 is 10.1 Å². The largest absolute Gasteiger partial charge is 0.491 e. The zero-order valence-corrected chi connectivity index (χ0v) is 13.0. The summed E-state index contributed by atoms with van der Waals surface area (Å²) in [5, 5.41) is 13.2. The van der Waals surface area contributed by atoms with Crippen LogP contribution in [0.4, 0.5) is 4.39 Å². The third-order valence-corrected chi connectivity index (χ3v) is 4.21.